The van der Waals surface area contributed by atoms with Crippen LogP contribution in [0.25, 0.3) is 0 Å². The van der Waals surface area contributed by atoms with Crippen molar-refractivity contribution < 1.29 is 33.4 Å². The van der Waals surface area contributed by atoms with E-state index in [0.717, 1.165) is 25.4 Å². The Hall–Kier alpha value is -7.21. The van der Waals surface area contributed by atoms with E-state index in [1.165, 1.54) is 34.6 Å². The van der Waals surface area contributed by atoms with Gasteiger partial charge >= 0.3 is 12.1 Å². The minimum atomic E-state index is -1.64. The van der Waals surface area contributed by atoms with Crippen molar-refractivity contribution in [3.8, 4) is 5.75 Å². The molecule has 7 rings (SSSR count). The van der Waals surface area contributed by atoms with Gasteiger partial charge in [-0.3, -0.25) is 29.1 Å². The highest BCUT2D eigenvalue weighted by atomic mass is 16.5. The van der Waals surface area contributed by atoms with Gasteiger partial charge in [0.25, 0.3) is 11.8 Å². The van der Waals surface area contributed by atoms with Gasteiger partial charge in [0, 0.05) is 56.5 Å². The summed E-state index contributed by atoms with van der Waals surface area (Å²) in [6, 6.07) is 18.1. The molecular weight excluding hydrogens is 831 g/mol. The fourth-order valence-electron chi connectivity index (χ4n) is 8.04. The highest BCUT2D eigenvalue weighted by Crippen LogP contribution is 2.41. The van der Waals surface area contributed by atoms with Crippen molar-refractivity contribution >= 4 is 46.9 Å². The number of carbonyl (C=O) groups is 5. The molecule has 2 aliphatic heterocycles. The zero-order chi connectivity index (χ0) is 45.5. The Labute approximate surface area is 377 Å². The molecular formula is C47H57N11O7. The molecule has 2 aromatic heterocycles. The van der Waals surface area contributed by atoms with Gasteiger partial charge in [-0.15, -0.1) is 0 Å². The van der Waals surface area contributed by atoms with Crippen LogP contribution >= 0.6 is 0 Å². The van der Waals surface area contributed by atoms with E-state index >= 15 is 0 Å². The van der Waals surface area contributed by atoms with Gasteiger partial charge in [0.05, 0.1) is 30.1 Å². The maximum absolute atomic E-state index is 14.5. The molecule has 1 fully saturated rings. The number of imidazole rings is 2. The number of nitrogens with zero attached hydrogens (tertiary/aromatic N) is 5. The Morgan fingerprint density at radius 3 is 2.08 bits per heavy atom. The van der Waals surface area contributed by atoms with E-state index in [9.17, 15) is 24.0 Å². The van der Waals surface area contributed by atoms with Gasteiger partial charge in [-0.2, -0.15) is 0 Å². The highest BCUT2D eigenvalue weighted by molar-refractivity contribution is 6.22. The molecule has 2 atom stereocenters. The van der Waals surface area contributed by atoms with E-state index in [4.69, 9.17) is 9.47 Å². The Balaban J connectivity index is 0.850. The van der Waals surface area contributed by atoms with E-state index < -0.39 is 42.1 Å². The lowest BCUT2D eigenvalue weighted by Crippen LogP contribution is -2.57. The average Bonchev–Trinajstić information content (AvgIpc) is 4.05. The smallest absolute Gasteiger partial charge is 0.407 e. The number of benzene rings is 3. The maximum Gasteiger partial charge on any atom is 0.407 e. The summed E-state index contributed by atoms with van der Waals surface area (Å²) in [4.78, 5) is 87.6. The van der Waals surface area contributed by atoms with E-state index in [-0.39, 0.29) is 25.5 Å². The molecule has 18 nitrogen and oxygen atoms in total. The average molecular weight is 888 g/mol. The van der Waals surface area contributed by atoms with Gasteiger partial charge in [-0.1, -0.05) is 42.8 Å². The van der Waals surface area contributed by atoms with Gasteiger partial charge < -0.3 is 40.7 Å². The van der Waals surface area contributed by atoms with Crippen molar-refractivity contribution in [3.05, 3.63) is 120 Å². The maximum atomic E-state index is 14.5. The molecule has 1 saturated heterocycles. The van der Waals surface area contributed by atoms with Crippen LogP contribution in [0, 0.1) is 0 Å². The Bertz CT molecular complexity index is 2290. The van der Waals surface area contributed by atoms with Crippen LogP contribution in [-0.4, -0.2) is 93.5 Å². The summed E-state index contributed by atoms with van der Waals surface area (Å²) in [5.74, 6) is 0.368. The van der Waals surface area contributed by atoms with Crippen LogP contribution in [0.15, 0.2) is 97.6 Å². The predicted molar refractivity (Wildman–Crippen MR) is 244 cm³/mol. The van der Waals surface area contributed by atoms with Crippen LogP contribution in [0.1, 0.15) is 87.2 Å². The van der Waals surface area contributed by atoms with Gasteiger partial charge in [-0.05, 0) is 100 Å². The summed E-state index contributed by atoms with van der Waals surface area (Å²) in [6.07, 6.45) is 10.9. The number of para-hydroxylation sites is 2. The largest absolute Gasteiger partial charge is 0.494 e. The number of fused-ring (bicyclic) bond motifs is 1. The summed E-state index contributed by atoms with van der Waals surface area (Å²) < 4.78 is 11.3. The Kier molecular flexibility index (Phi) is 15.8. The SMILES string of the molecule is CC(c1ncc[nH]1)N1C(=O)C(NC(=O)Nc2cccc(COC(=O)NCCCC(=O)NCCCOc3cccc(CN4CCCCC4)c3)c2)C(=O)N(C(C)c2ncc[nH]2)c2ccccc21. The molecule has 5 aromatic rings. The number of ether oxygens (including phenoxy) is 2. The first kappa shape index (κ1) is 45.8. The summed E-state index contributed by atoms with van der Waals surface area (Å²) in [7, 11) is 0. The van der Waals surface area contributed by atoms with Gasteiger partial charge in [0.15, 0.2) is 6.04 Å². The van der Waals surface area contributed by atoms with Crippen molar-refractivity contribution in [1.82, 2.24) is 40.8 Å². The number of anilines is 3. The molecule has 0 bridgehead atoms. The molecule has 65 heavy (non-hydrogen) atoms. The van der Waals surface area contributed by atoms with Crippen LogP contribution in [0.5, 0.6) is 5.75 Å². The molecule has 342 valence electrons. The number of carbonyl (C=O) groups excluding carboxylic acids is 5. The summed E-state index contributed by atoms with van der Waals surface area (Å²) in [6.45, 7) is 7.89. The number of piperidine rings is 1. The van der Waals surface area contributed by atoms with Crippen LogP contribution in [0.4, 0.5) is 26.7 Å². The number of nitrogens with one attached hydrogen (secondary N) is 6. The molecule has 18 heteroatoms. The molecule has 0 saturated carbocycles. The third kappa shape index (κ3) is 12.3. The molecule has 2 aliphatic rings. The van der Waals surface area contributed by atoms with Crippen molar-refractivity contribution in [2.45, 2.75) is 83.6 Å². The number of urea groups is 1. The molecule has 3 aromatic carbocycles. The van der Waals surface area contributed by atoms with E-state index in [1.807, 2.05) is 12.1 Å². The van der Waals surface area contributed by atoms with E-state index in [2.05, 4.69) is 58.2 Å². The zero-order valence-electron chi connectivity index (χ0n) is 36.8. The van der Waals surface area contributed by atoms with Crippen molar-refractivity contribution in [2.24, 2.45) is 0 Å². The normalized spacial score (nSPS) is 16.2. The topological polar surface area (TPSA) is 219 Å². The van der Waals surface area contributed by atoms with Crippen molar-refractivity contribution in [3.63, 3.8) is 0 Å². The van der Waals surface area contributed by atoms with E-state index in [1.54, 1.807) is 87.2 Å². The van der Waals surface area contributed by atoms with Gasteiger partial charge in [0.2, 0.25) is 5.91 Å². The van der Waals surface area contributed by atoms with Crippen LogP contribution < -0.4 is 35.8 Å². The molecule has 0 spiro atoms. The molecule has 6 amide bonds. The Morgan fingerprint density at radius 2 is 1.42 bits per heavy atom. The first-order valence-electron chi connectivity index (χ1n) is 22.2. The Morgan fingerprint density at radius 1 is 0.769 bits per heavy atom. The third-order valence-electron chi connectivity index (χ3n) is 11.3. The first-order valence-corrected chi connectivity index (χ1v) is 22.2. The lowest BCUT2D eigenvalue weighted by atomic mass is 10.1. The number of aromatic nitrogens is 4. The third-order valence-corrected chi connectivity index (χ3v) is 11.3. The predicted octanol–water partition coefficient (Wildman–Crippen LogP) is 6.10. The fourth-order valence-corrected chi connectivity index (χ4v) is 8.04. The number of alkyl carbamates (subject to hydrolysis) is 1. The summed E-state index contributed by atoms with van der Waals surface area (Å²) in [5, 5.41) is 10.9. The molecule has 2 unspecified atom stereocenters. The second kappa shape index (κ2) is 22.4. The minimum Gasteiger partial charge on any atom is -0.494 e. The van der Waals surface area contributed by atoms with Crippen molar-refractivity contribution in [2.75, 3.05) is 47.9 Å². The highest BCUT2D eigenvalue weighted by Gasteiger charge is 2.45. The number of rotatable bonds is 19. The monoisotopic (exact) mass is 887 g/mol. The van der Waals surface area contributed by atoms with Crippen LogP contribution in [-0.2, 0) is 32.3 Å². The number of hydrogen-bond acceptors (Lipinski definition) is 10. The lowest BCUT2D eigenvalue weighted by Gasteiger charge is -2.30. The fraction of sp³-hybridized carbons (Fsp3) is 0.383. The number of likely N-dealkylation sites (tertiary alicyclic amines) is 1. The zero-order valence-corrected chi connectivity index (χ0v) is 36.8. The molecule has 6 N–H and O–H groups in total. The number of amides is 6. The standard InChI is InChI=1S/C47H57N11O7/c1-32(42-49-21-22-50-42)57-38-16-4-5-17-39(38)58(33(2)43-51-23-24-52-43)45(61)41(44(57)60)55-46(62)54-36-14-8-13-35(28-36)31-65-47(63)53-19-10-18-40(59)48-20-11-27-64-37-15-9-12-34(29-37)30-56-25-6-3-7-26-56/h4-5,8-9,12-17,21-24,28-29,32-33,41H,3,6-7,10-11,18-20,25-27,30-31H2,1-2H3,(H,48,59)(H,49,50)(H,51,52)(H,53,63)(H2,54,55,62). The van der Waals surface area contributed by atoms with Crippen LogP contribution in [0.2, 0.25) is 0 Å². The molecule has 0 aliphatic carbocycles. The quantitative estimate of drug-likeness (QED) is 0.0413. The second-order valence-corrected chi connectivity index (χ2v) is 16.1. The summed E-state index contributed by atoms with van der Waals surface area (Å²) in [5.41, 5.74) is 3.05. The van der Waals surface area contributed by atoms with Crippen molar-refractivity contribution in [1.29, 1.82) is 0 Å². The lowest BCUT2D eigenvalue weighted by molar-refractivity contribution is -0.129. The minimum absolute atomic E-state index is 0.106. The van der Waals surface area contributed by atoms with E-state index in [0.29, 0.717) is 60.3 Å². The number of aromatic amines is 2. The summed E-state index contributed by atoms with van der Waals surface area (Å²) >= 11 is 0. The first-order chi connectivity index (χ1) is 31.6. The van der Waals surface area contributed by atoms with Gasteiger partial charge in [0.1, 0.15) is 24.0 Å². The second-order valence-electron chi connectivity index (χ2n) is 16.1. The number of hydrogen-bond donors (Lipinski definition) is 6. The molecule has 4 heterocycles. The van der Waals surface area contributed by atoms with Gasteiger partial charge in [-0.25, -0.2) is 19.6 Å². The molecule has 0 radical (unpaired) electrons. The van der Waals surface area contributed by atoms with Crippen LogP contribution in [0.3, 0.4) is 0 Å². The number of H-pyrrole nitrogens is 2.